The van der Waals surface area contributed by atoms with Crippen molar-refractivity contribution < 1.29 is 4.79 Å². The smallest absolute Gasteiger partial charge is 0.225 e. The number of thioether (sulfide) groups is 1. The van der Waals surface area contributed by atoms with E-state index in [1.165, 1.54) is 24.3 Å². The highest BCUT2D eigenvalue weighted by molar-refractivity contribution is 7.99. The van der Waals surface area contributed by atoms with Gasteiger partial charge in [-0.05, 0) is 30.3 Å². The Morgan fingerprint density at radius 3 is 2.64 bits per heavy atom. The van der Waals surface area contributed by atoms with Gasteiger partial charge in [0.25, 0.3) is 0 Å². The van der Waals surface area contributed by atoms with Crippen molar-refractivity contribution in [1.82, 2.24) is 10.6 Å². The van der Waals surface area contributed by atoms with Gasteiger partial charge in [0.1, 0.15) is 0 Å². The number of nitrogens with one attached hydrogen (secondary N) is 2. The van der Waals surface area contributed by atoms with Gasteiger partial charge in [0.05, 0.1) is 5.92 Å². The van der Waals surface area contributed by atoms with E-state index in [1.54, 1.807) is 0 Å². The van der Waals surface area contributed by atoms with E-state index in [1.807, 2.05) is 11.8 Å². The highest BCUT2D eigenvalue weighted by Crippen LogP contribution is 2.21. The van der Waals surface area contributed by atoms with Crippen molar-refractivity contribution in [1.29, 1.82) is 0 Å². The first kappa shape index (κ1) is 10.3. The minimum absolute atomic E-state index is 0.243. The van der Waals surface area contributed by atoms with Gasteiger partial charge in [0, 0.05) is 19.6 Å². The topological polar surface area (TPSA) is 41.1 Å². The summed E-state index contributed by atoms with van der Waals surface area (Å²) in [4.78, 5) is 11.5. The SMILES string of the molecule is O=C(NCC1CCSCC1)C1CNC1. The molecule has 0 saturated carbocycles. The van der Waals surface area contributed by atoms with Crippen molar-refractivity contribution in [2.45, 2.75) is 12.8 Å². The predicted octanol–water partition coefficient (Wildman–Crippen LogP) is 0.465. The first-order chi connectivity index (χ1) is 6.86. The summed E-state index contributed by atoms with van der Waals surface area (Å²) < 4.78 is 0. The first-order valence-electron chi connectivity index (χ1n) is 5.42. The molecular formula is C10H18N2OS. The molecule has 0 spiro atoms. The zero-order chi connectivity index (χ0) is 9.80. The lowest BCUT2D eigenvalue weighted by Crippen LogP contribution is -2.51. The zero-order valence-corrected chi connectivity index (χ0v) is 9.24. The Kier molecular flexibility index (Phi) is 3.70. The van der Waals surface area contributed by atoms with Crippen LogP contribution in [-0.2, 0) is 4.79 Å². The van der Waals surface area contributed by atoms with Gasteiger partial charge in [-0.1, -0.05) is 0 Å². The fraction of sp³-hybridized carbons (Fsp3) is 0.900. The Morgan fingerprint density at radius 2 is 2.07 bits per heavy atom. The summed E-state index contributed by atoms with van der Waals surface area (Å²) in [7, 11) is 0. The van der Waals surface area contributed by atoms with Gasteiger partial charge in [-0.25, -0.2) is 0 Å². The summed E-state index contributed by atoms with van der Waals surface area (Å²) in [5, 5.41) is 6.18. The largest absolute Gasteiger partial charge is 0.356 e. The van der Waals surface area contributed by atoms with E-state index >= 15 is 0 Å². The summed E-state index contributed by atoms with van der Waals surface area (Å²) in [6, 6.07) is 0. The van der Waals surface area contributed by atoms with Crippen LogP contribution in [0.2, 0.25) is 0 Å². The fourth-order valence-corrected chi connectivity index (χ4v) is 3.02. The maximum atomic E-state index is 11.5. The van der Waals surface area contributed by atoms with Gasteiger partial charge in [-0.2, -0.15) is 11.8 Å². The second-order valence-electron chi connectivity index (χ2n) is 4.16. The van der Waals surface area contributed by atoms with Crippen LogP contribution in [0.1, 0.15) is 12.8 Å². The molecule has 0 aliphatic carbocycles. The quantitative estimate of drug-likeness (QED) is 0.717. The molecule has 4 heteroatoms. The van der Waals surface area contributed by atoms with Crippen LogP contribution < -0.4 is 10.6 Å². The summed E-state index contributed by atoms with van der Waals surface area (Å²) in [6.45, 7) is 2.63. The highest BCUT2D eigenvalue weighted by atomic mass is 32.2. The molecule has 2 rings (SSSR count). The maximum Gasteiger partial charge on any atom is 0.225 e. The van der Waals surface area contributed by atoms with Crippen LogP contribution in [0.15, 0.2) is 0 Å². The minimum Gasteiger partial charge on any atom is -0.356 e. The molecule has 2 N–H and O–H groups in total. The van der Waals surface area contributed by atoms with Gasteiger partial charge >= 0.3 is 0 Å². The molecule has 2 fully saturated rings. The number of amides is 1. The van der Waals surface area contributed by atoms with Crippen molar-refractivity contribution in [2.75, 3.05) is 31.1 Å². The predicted molar refractivity (Wildman–Crippen MR) is 59.4 cm³/mol. The molecule has 2 heterocycles. The molecule has 14 heavy (non-hydrogen) atoms. The zero-order valence-electron chi connectivity index (χ0n) is 8.42. The Morgan fingerprint density at radius 1 is 1.36 bits per heavy atom. The summed E-state index contributed by atoms with van der Waals surface area (Å²) in [5.41, 5.74) is 0. The third kappa shape index (κ3) is 2.64. The number of carbonyl (C=O) groups excluding carboxylic acids is 1. The average molecular weight is 214 g/mol. The highest BCUT2D eigenvalue weighted by Gasteiger charge is 2.25. The molecule has 80 valence electrons. The Labute approximate surface area is 89.4 Å². The van der Waals surface area contributed by atoms with Crippen LogP contribution in [0.25, 0.3) is 0 Å². The molecule has 0 unspecified atom stereocenters. The van der Waals surface area contributed by atoms with E-state index in [0.717, 1.165) is 25.6 Å². The lowest BCUT2D eigenvalue weighted by molar-refractivity contribution is -0.126. The van der Waals surface area contributed by atoms with Gasteiger partial charge in [-0.15, -0.1) is 0 Å². The minimum atomic E-state index is 0.243. The van der Waals surface area contributed by atoms with Gasteiger partial charge in [0.2, 0.25) is 5.91 Å². The van der Waals surface area contributed by atoms with Crippen molar-refractivity contribution >= 4 is 17.7 Å². The van der Waals surface area contributed by atoms with Crippen molar-refractivity contribution in [3.05, 3.63) is 0 Å². The van der Waals surface area contributed by atoms with E-state index in [-0.39, 0.29) is 11.8 Å². The third-order valence-corrected chi connectivity index (χ3v) is 4.11. The molecule has 3 nitrogen and oxygen atoms in total. The second-order valence-corrected chi connectivity index (χ2v) is 5.38. The lowest BCUT2D eigenvalue weighted by atomic mass is 10.0. The Balaban J connectivity index is 1.62. The van der Waals surface area contributed by atoms with E-state index in [4.69, 9.17) is 0 Å². The van der Waals surface area contributed by atoms with Gasteiger partial charge in [0.15, 0.2) is 0 Å². The first-order valence-corrected chi connectivity index (χ1v) is 6.58. The van der Waals surface area contributed by atoms with E-state index in [0.29, 0.717) is 0 Å². The normalized spacial score (nSPS) is 24.3. The molecule has 1 amide bonds. The van der Waals surface area contributed by atoms with E-state index in [9.17, 15) is 4.79 Å². The summed E-state index contributed by atoms with van der Waals surface area (Å²) in [5.74, 6) is 3.76. The van der Waals surface area contributed by atoms with E-state index in [2.05, 4.69) is 10.6 Å². The standard InChI is InChI=1S/C10H18N2OS/c13-10(9-6-11-7-9)12-5-8-1-3-14-4-2-8/h8-9,11H,1-7H2,(H,12,13). The van der Waals surface area contributed by atoms with Crippen LogP contribution in [0.5, 0.6) is 0 Å². The molecule has 0 atom stereocenters. The average Bonchev–Trinajstić information content (AvgIpc) is 2.14. The van der Waals surface area contributed by atoms with Gasteiger partial charge < -0.3 is 10.6 Å². The van der Waals surface area contributed by atoms with Crippen molar-refractivity contribution in [2.24, 2.45) is 11.8 Å². The number of carbonyl (C=O) groups is 1. The number of hydrogen-bond donors (Lipinski definition) is 2. The molecule has 2 saturated heterocycles. The lowest BCUT2D eigenvalue weighted by Gasteiger charge is -2.27. The fourth-order valence-electron chi connectivity index (χ4n) is 1.81. The van der Waals surface area contributed by atoms with Crippen LogP contribution >= 0.6 is 11.8 Å². The molecule has 0 aromatic carbocycles. The molecule has 0 radical (unpaired) electrons. The van der Waals surface area contributed by atoms with Crippen LogP contribution in [0.4, 0.5) is 0 Å². The molecular weight excluding hydrogens is 196 g/mol. The Bertz CT molecular complexity index is 200. The number of rotatable bonds is 3. The number of hydrogen-bond acceptors (Lipinski definition) is 3. The van der Waals surface area contributed by atoms with Crippen molar-refractivity contribution in [3.63, 3.8) is 0 Å². The van der Waals surface area contributed by atoms with Crippen molar-refractivity contribution in [3.8, 4) is 0 Å². The monoisotopic (exact) mass is 214 g/mol. The maximum absolute atomic E-state index is 11.5. The molecule has 0 aromatic heterocycles. The molecule has 2 aliphatic rings. The summed E-state index contributed by atoms with van der Waals surface area (Å²) in [6.07, 6.45) is 2.54. The summed E-state index contributed by atoms with van der Waals surface area (Å²) >= 11 is 2.03. The molecule has 2 aliphatic heterocycles. The van der Waals surface area contributed by atoms with E-state index < -0.39 is 0 Å². The second kappa shape index (κ2) is 5.03. The van der Waals surface area contributed by atoms with Crippen LogP contribution in [0, 0.1) is 11.8 Å². The van der Waals surface area contributed by atoms with Crippen LogP contribution in [-0.4, -0.2) is 37.0 Å². The van der Waals surface area contributed by atoms with Crippen LogP contribution in [0.3, 0.4) is 0 Å². The third-order valence-electron chi connectivity index (χ3n) is 3.06. The molecule has 0 aromatic rings. The van der Waals surface area contributed by atoms with Gasteiger partial charge in [-0.3, -0.25) is 4.79 Å². The Hall–Kier alpha value is -0.220. The molecule has 0 bridgehead atoms.